The molecule has 5 heteroatoms. The summed E-state index contributed by atoms with van der Waals surface area (Å²) in [5.41, 5.74) is 3.03. The Morgan fingerprint density at radius 2 is 2.00 bits per heavy atom. The van der Waals surface area contributed by atoms with E-state index in [0.29, 0.717) is 24.6 Å². The molecule has 142 valence electrons. The molecule has 1 aromatic heterocycles. The van der Waals surface area contributed by atoms with E-state index in [2.05, 4.69) is 21.4 Å². The molecule has 1 aliphatic carbocycles. The van der Waals surface area contributed by atoms with Crippen molar-refractivity contribution in [2.45, 2.75) is 45.6 Å². The number of hydrogen-bond donors (Lipinski definition) is 1. The zero-order chi connectivity index (χ0) is 18.9. The van der Waals surface area contributed by atoms with Crippen LogP contribution in [0.25, 0.3) is 0 Å². The summed E-state index contributed by atoms with van der Waals surface area (Å²) in [5, 5.41) is 3.30. The van der Waals surface area contributed by atoms with Gasteiger partial charge in [-0.25, -0.2) is 9.97 Å². The summed E-state index contributed by atoms with van der Waals surface area (Å²) in [7, 11) is 0. The average Bonchev–Trinajstić information content (AvgIpc) is 2.73. The van der Waals surface area contributed by atoms with Crippen molar-refractivity contribution >= 4 is 11.7 Å². The summed E-state index contributed by atoms with van der Waals surface area (Å²) in [6.45, 7) is 4.03. The van der Waals surface area contributed by atoms with Crippen LogP contribution in [0.2, 0.25) is 0 Å². The smallest absolute Gasteiger partial charge is 0.274 e. The van der Waals surface area contributed by atoms with Gasteiger partial charge < -0.3 is 10.2 Å². The fourth-order valence-electron chi connectivity index (χ4n) is 3.31. The molecule has 0 atom stereocenters. The van der Waals surface area contributed by atoms with Crippen molar-refractivity contribution in [3.63, 3.8) is 0 Å². The van der Waals surface area contributed by atoms with Crippen LogP contribution in [0.5, 0.6) is 0 Å². The van der Waals surface area contributed by atoms with Crippen LogP contribution in [0.15, 0.2) is 54.4 Å². The second kappa shape index (κ2) is 9.86. The molecule has 0 bridgehead atoms. The van der Waals surface area contributed by atoms with E-state index in [1.165, 1.54) is 31.3 Å². The van der Waals surface area contributed by atoms with Crippen molar-refractivity contribution in [2.24, 2.45) is 0 Å². The fraction of sp³-hybridized carbons (Fsp3) is 0.409. The van der Waals surface area contributed by atoms with Crippen LogP contribution >= 0.6 is 0 Å². The lowest BCUT2D eigenvalue weighted by molar-refractivity contribution is 0.0746. The number of benzene rings is 1. The molecule has 1 aliphatic rings. The number of carbonyl (C=O) groups is 1. The Bertz CT molecular complexity index is 756. The highest BCUT2D eigenvalue weighted by atomic mass is 16.2. The van der Waals surface area contributed by atoms with Crippen molar-refractivity contribution in [1.82, 2.24) is 14.9 Å². The first-order chi connectivity index (χ1) is 13.3. The second-order valence-electron chi connectivity index (χ2n) is 6.88. The molecule has 0 spiro atoms. The minimum Gasteiger partial charge on any atom is -0.368 e. The Morgan fingerprint density at radius 3 is 2.67 bits per heavy atom. The Balaban J connectivity index is 1.53. The molecule has 0 aliphatic heterocycles. The van der Waals surface area contributed by atoms with Crippen LogP contribution in [-0.4, -0.2) is 33.9 Å². The van der Waals surface area contributed by atoms with Gasteiger partial charge in [-0.3, -0.25) is 4.79 Å². The molecule has 1 N–H and O–H groups in total. The number of rotatable bonds is 8. The van der Waals surface area contributed by atoms with E-state index in [1.807, 2.05) is 37.3 Å². The molecule has 0 radical (unpaired) electrons. The molecule has 0 saturated heterocycles. The number of allylic oxidation sites excluding steroid dienone is 1. The lowest BCUT2D eigenvalue weighted by atomic mass is 9.97. The number of aromatic nitrogens is 2. The van der Waals surface area contributed by atoms with E-state index >= 15 is 0 Å². The number of hydrogen-bond acceptors (Lipinski definition) is 4. The predicted molar refractivity (Wildman–Crippen MR) is 109 cm³/mol. The van der Waals surface area contributed by atoms with E-state index < -0.39 is 0 Å². The molecule has 1 heterocycles. The molecule has 1 amide bonds. The zero-order valence-corrected chi connectivity index (χ0v) is 16.0. The van der Waals surface area contributed by atoms with Crippen LogP contribution < -0.4 is 5.32 Å². The number of carbonyl (C=O) groups excluding carboxylic acids is 1. The first-order valence-corrected chi connectivity index (χ1v) is 9.83. The highest BCUT2D eigenvalue weighted by Gasteiger charge is 2.16. The summed E-state index contributed by atoms with van der Waals surface area (Å²) < 4.78 is 0. The largest absolute Gasteiger partial charge is 0.368 e. The third kappa shape index (κ3) is 5.64. The van der Waals surface area contributed by atoms with Crippen molar-refractivity contribution in [3.8, 4) is 0 Å². The Morgan fingerprint density at radius 1 is 1.15 bits per heavy atom. The molecule has 2 aromatic rings. The Hall–Kier alpha value is -2.69. The number of nitrogens with one attached hydrogen (secondary N) is 1. The van der Waals surface area contributed by atoms with Gasteiger partial charge in [0.25, 0.3) is 5.91 Å². The number of amides is 1. The van der Waals surface area contributed by atoms with Gasteiger partial charge in [0.1, 0.15) is 11.5 Å². The minimum atomic E-state index is -0.0900. The zero-order valence-electron chi connectivity index (χ0n) is 16.0. The quantitative estimate of drug-likeness (QED) is 0.704. The number of anilines is 1. The lowest BCUT2D eigenvalue weighted by Gasteiger charge is -2.20. The lowest BCUT2D eigenvalue weighted by Crippen LogP contribution is -2.31. The summed E-state index contributed by atoms with van der Waals surface area (Å²) in [6.07, 6.45) is 11.7. The summed E-state index contributed by atoms with van der Waals surface area (Å²) in [6, 6.07) is 9.99. The van der Waals surface area contributed by atoms with Crippen LogP contribution in [0.4, 0.5) is 5.82 Å². The fourth-order valence-corrected chi connectivity index (χ4v) is 3.31. The Labute approximate surface area is 161 Å². The maximum Gasteiger partial charge on any atom is 0.274 e. The van der Waals surface area contributed by atoms with Crippen LogP contribution in [0, 0.1) is 0 Å². The van der Waals surface area contributed by atoms with E-state index in [9.17, 15) is 4.79 Å². The average molecular weight is 364 g/mol. The highest BCUT2D eigenvalue weighted by molar-refractivity contribution is 5.92. The molecule has 0 saturated carbocycles. The second-order valence-corrected chi connectivity index (χ2v) is 6.88. The standard InChI is InChI=1S/C22H28N4O/c1-2-26(17-19-11-7-4-8-12-19)22(27)20-15-25-21(16-24-20)23-14-13-18-9-5-3-6-10-18/h4,7-9,11-12,15-16H,2-3,5-6,10,13-14,17H2,1H3,(H,23,25). The molecule has 1 aromatic carbocycles. The normalized spacial score (nSPS) is 13.7. The van der Waals surface area contributed by atoms with Gasteiger partial charge in [0.15, 0.2) is 0 Å². The van der Waals surface area contributed by atoms with Gasteiger partial charge in [-0.15, -0.1) is 0 Å². The van der Waals surface area contributed by atoms with Crippen molar-refractivity contribution < 1.29 is 4.79 Å². The van der Waals surface area contributed by atoms with Crippen molar-refractivity contribution in [3.05, 3.63) is 65.6 Å². The summed E-state index contributed by atoms with van der Waals surface area (Å²) in [5.74, 6) is 0.627. The van der Waals surface area contributed by atoms with Crippen LogP contribution in [0.3, 0.4) is 0 Å². The van der Waals surface area contributed by atoms with Gasteiger partial charge in [0.05, 0.1) is 12.4 Å². The van der Waals surface area contributed by atoms with Crippen molar-refractivity contribution in [1.29, 1.82) is 0 Å². The van der Waals surface area contributed by atoms with Gasteiger partial charge >= 0.3 is 0 Å². The van der Waals surface area contributed by atoms with Gasteiger partial charge in [-0.2, -0.15) is 0 Å². The van der Waals surface area contributed by atoms with E-state index in [0.717, 1.165) is 18.5 Å². The third-order valence-electron chi connectivity index (χ3n) is 4.89. The third-order valence-corrected chi connectivity index (χ3v) is 4.89. The monoisotopic (exact) mass is 364 g/mol. The predicted octanol–water partition coefficient (Wildman–Crippen LogP) is 4.44. The van der Waals surface area contributed by atoms with E-state index in [1.54, 1.807) is 17.3 Å². The first kappa shape index (κ1) is 19.1. The van der Waals surface area contributed by atoms with Gasteiger partial charge in [-0.1, -0.05) is 42.0 Å². The summed E-state index contributed by atoms with van der Waals surface area (Å²) >= 11 is 0. The van der Waals surface area contributed by atoms with Gasteiger partial charge in [0, 0.05) is 19.6 Å². The maximum atomic E-state index is 12.7. The van der Waals surface area contributed by atoms with Crippen molar-refractivity contribution in [2.75, 3.05) is 18.4 Å². The molecule has 27 heavy (non-hydrogen) atoms. The Kier molecular flexibility index (Phi) is 6.97. The number of nitrogens with zero attached hydrogens (tertiary/aromatic N) is 3. The van der Waals surface area contributed by atoms with Gasteiger partial charge in [-0.05, 0) is 44.6 Å². The molecule has 0 unspecified atom stereocenters. The molecule has 3 rings (SSSR count). The highest BCUT2D eigenvalue weighted by Crippen LogP contribution is 2.20. The van der Waals surface area contributed by atoms with Crippen LogP contribution in [-0.2, 0) is 6.54 Å². The molecule has 0 fully saturated rings. The topological polar surface area (TPSA) is 58.1 Å². The molecular formula is C22H28N4O. The maximum absolute atomic E-state index is 12.7. The van der Waals surface area contributed by atoms with E-state index in [4.69, 9.17) is 0 Å². The SMILES string of the molecule is CCN(Cc1ccccc1)C(=O)c1cnc(NCCC2=CCCCC2)cn1. The van der Waals surface area contributed by atoms with Gasteiger partial charge in [0.2, 0.25) is 0 Å². The molecular weight excluding hydrogens is 336 g/mol. The first-order valence-electron chi connectivity index (χ1n) is 9.83. The summed E-state index contributed by atoms with van der Waals surface area (Å²) in [4.78, 5) is 23.2. The van der Waals surface area contributed by atoms with Crippen LogP contribution in [0.1, 0.15) is 55.1 Å². The molecule has 5 nitrogen and oxygen atoms in total. The van der Waals surface area contributed by atoms with E-state index in [-0.39, 0.29) is 5.91 Å². The minimum absolute atomic E-state index is 0.0900.